The van der Waals surface area contributed by atoms with E-state index in [1.165, 1.54) is 5.56 Å². The number of nitrogens with zero attached hydrogens (tertiary/aromatic N) is 1. The fourth-order valence-corrected chi connectivity index (χ4v) is 3.11. The highest BCUT2D eigenvalue weighted by Crippen LogP contribution is 2.36. The summed E-state index contributed by atoms with van der Waals surface area (Å²) >= 11 is 0. The van der Waals surface area contributed by atoms with Gasteiger partial charge in [-0.2, -0.15) is 0 Å². The van der Waals surface area contributed by atoms with Crippen LogP contribution in [-0.4, -0.2) is 30.9 Å². The number of nitrogens with one attached hydrogen (secondary N) is 1. The molecular formula is C14H19N3O. The Morgan fingerprint density at radius 2 is 2.33 bits per heavy atom. The summed E-state index contributed by atoms with van der Waals surface area (Å²) in [5.74, 6) is 0.685. The normalized spacial score (nSPS) is 27.3. The van der Waals surface area contributed by atoms with Crippen LogP contribution in [0, 0.1) is 5.92 Å². The summed E-state index contributed by atoms with van der Waals surface area (Å²) in [4.78, 5) is 13.7. The molecule has 2 unspecified atom stereocenters. The van der Waals surface area contributed by atoms with Crippen molar-refractivity contribution in [3.8, 4) is 0 Å². The van der Waals surface area contributed by atoms with Crippen molar-refractivity contribution in [2.24, 2.45) is 11.7 Å². The average molecular weight is 245 g/mol. The molecule has 0 aromatic heterocycles. The monoisotopic (exact) mass is 245 g/mol. The SMILES string of the molecule is CN1CC(CN)CC1c1ccc2c(c1)NC(=O)C2. The topological polar surface area (TPSA) is 58.4 Å². The van der Waals surface area contributed by atoms with Gasteiger partial charge in [0.1, 0.15) is 0 Å². The predicted octanol–water partition coefficient (Wildman–Crippen LogP) is 1.13. The molecule has 1 aromatic carbocycles. The molecule has 2 heterocycles. The van der Waals surface area contributed by atoms with Crippen molar-refractivity contribution in [1.29, 1.82) is 0 Å². The Bertz CT molecular complexity index is 486. The fraction of sp³-hybridized carbons (Fsp3) is 0.500. The highest BCUT2D eigenvalue weighted by Gasteiger charge is 2.30. The van der Waals surface area contributed by atoms with E-state index in [2.05, 4.69) is 35.5 Å². The molecule has 96 valence electrons. The number of carbonyl (C=O) groups excluding carboxylic acids is 1. The zero-order chi connectivity index (χ0) is 12.7. The third kappa shape index (κ3) is 1.91. The minimum atomic E-state index is 0.0989. The molecule has 4 heteroatoms. The molecule has 2 aliphatic heterocycles. The summed E-state index contributed by atoms with van der Waals surface area (Å²) in [5, 5.41) is 2.92. The molecule has 3 N–H and O–H groups in total. The lowest BCUT2D eigenvalue weighted by Crippen LogP contribution is -2.20. The van der Waals surface area contributed by atoms with E-state index in [0.717, 1.165) is 30.8 Å². The van der Waals surface area contributed by atoms with Gasteiger partial charge in [-0.15, -0.1) is 0 Å². The van der Waals surface area contributed by atoms with Crippen LogP contribution < -0.4 is 11.1 Å². The molecule has 2 aliphatic rings. The Morgan fingerprint density at radius 3 is 3.06 bits per heavy atom. The van der Waals surface area contributed by atoms with Gasteiger partial charge < -0.3 is 11.1 Å². The van der Waals surface area contributed by atoms with E-state index in [1.807, 2.05) is 0 Å². The number of rotatable bonds is 2. The number of hydrogen-bond donors (Lipinski definition) is 2. The maximum atomic E-state index is 11.4. The second-order valence-electron chi connectivity index (χ2n) is 5.43. The summed E-state index contributed by atoms with van der Waals surface area (Å²) in [6.45, 7) is 1.81. The number of likely N-dealkylation sites (tertiary alicyclic amines) is 1. The number of hydrogen-bond acceptors (Lipinski definition) is 3. The molecule has 3 rings (SSSR count). The zero-order valence-corrected chi connectivity index (χ0v) is 10.6. The van der Waals surface area contributed by atoms with E-state index in [9.17, 15) is 4.79 Å². The molecular weight excluding hydrogens is 226 g/mol. The van der Waals surface area contributed by atoms with Gasteiger partial charge >= 0.3 is 0 Å². The molecule has 1 fully saturated rings. The highest BCUT2D eigenvalue weighted by molar-refractivity contribution is 5.99. The van der Waals surface area contributed by atoms with Gasteiger partial charge in [-0.1, -0.05) is 12.1 Å². The van der Waals surface area contributed by atoms with E-state index >= 15 is 0 Å². The molecule has 1 amide bonds. The Kier molecular flexibility index (Phi) is 2.84. The van der Waals surface area contributed by atoms with Gasteiger partial charge in [0.15, 0.2) is 0 Å². The van der Waals surface area contributed by atoms with Crippen molar-refractivity contribution in [1.82, 2.24) is 4.90 Å². The van der Waals surface area contributed by atoms with Crippen molar-refractivity contribution in [2.75, 3.05) is 25.5 Å². The van der Waals surface area contributed by atoms with Crippen LogP contribution in [0.15, 0.2) is 18.2 Å². The highest BCUT2D eigenvalue weighted by atomic mass is 16.1. The van der Waals surface area contributed by atoms with Gasteiger partial charge in [0, 0.05) is 18.3 Å². The molecule has 0 spiro atoms. The van der Waals surface area contributed by atoms with Crippen LogP contribution in [0.5, 0.6) is 0 Å². The minimum absolute atomic E-state index is 0.0989. The summed E-state index contributed by atoms with van der Waals surface area (Å²) in [5.41, 5.74) is 9.15. The molecule has 18 heavy (non-hydrogen) atoms. The first-order chi connectivity index (χ1) is 8.67. The molecule has 0 bridgehead atoms. The zero-order valence-electron chi connectivity index (χ0n) is 10.6. The lowest BCUT2D eigenvalue weighted by molar-refractivity contribution is -0.115. The first-order valence-electron chi connectivity index (χ1n) is 6.50. The maximum absolute atomic E-state index is 11.4. The number of carbonyl (C=O) groups is 1. The number of benzene rings is 1. The van der Waals surface area contributed by atoms with Crippen LogP contribution in [0.1, 0.15) is 23.6 Å². The van der Waals surface area contributed by atoms with Gasteiger partial charge in [0.25, 0.3) is 0 Å². The van der Waals surface area contributed by atoms with Crippen molar-refractivity contribution in [2.45, 2.75) is 18.9 Å². The first kappa shape index (κ1) is 11.7. The first-order valence-corrected chi connectivity index (χ1v) is 6.50. The van der Waals surface area contributed by atoms with E-state index in [-0.39, 0.29) is 5.91 Å². The number of fused-ring (bicyclic) bond motifs is 1. The molecule has 2 atom stereocenters. The summed E-state index contributed by atoms with van der Waals surface area (Å²) < 4.78 is 0. The van der Waals surface area contributed by atoms with E-state index in [1.54, 1.807) is 0 Å². The predicted molar refractivity (Wildman–Crippen MR) is 71.3 cm³/mol. The van der Waals surface area contributed by atoms with Gasteiger partial charge in [0.05, 0.1) is 6.42 Å². The van der Waals surface area contributed by atoms with Gasteiger partial charge in [-0.3, -0.25) is 9.69 Å². The Balaban J connectivity index is 1.86. The van der Waals surface area contributed by atoms with Crippen molar-refractivity contribution in [3.63, 3.8) is 0 Å². The van der Waals surface area contributed by atoms with E-state index in [4.69, 9.17) is 5.73 Å². The third-order valence-corrected chi connectivity index (χ3v) is 4.11. The molecule has 0 saturated carbocycles. The third-order valence-electron chi connectivity index (χ3n) is 4.11. The van der Waals surface area contributed by atoms with Crippen molar-refractivity contribution >= 4 is 11.6 Å². The van der Waals surface area contributed by atoms with Crippen LogP contribution in [-0.2, 0) is 11.2 Å². The summed E-state index contributed by atoms with van der Waals surface area (Å²) in [6, 6.07) is 6.78. The molecule has 1 saturated heterocycles. The number of amides is 1. The standard InChI is InChI=1S/C14H19N3O/c1-17-8-9(7-15)4-13(17)11-3-2-10-6-14(18)16-12(10)5-11/h2-3,5,9,13H,4,6-8,15H2,1H3,(H,16,18). The minimum Gasteiger partial charge on any atom is -0.330 e. The molecule has 0 radical (unpaired) electrons. The van der Waals surface area contributed by atoms with E-state index < -0.39 is 0 Å². The van der Waals surface area contributed by atoms with E-state index in [0.29, 0.717) is 18.4 Å². The Labute approximate surface area is 107 Å². The fourth-order valence-electron chi connectivity index (χ4n) is 3.11. The summed E-state index contributed by atoms with van der Waals surface area (Å²) in [6.07, 6.45) is 1.63. The van der Waals surface area contributed by atoms with Crippen LogP contribution >= 0.6 is 0 Å². The second-order valence-corrected chi connectivity index (χ2v) is 5.43. The summed E-state index contributed by atoms with van der Waals surface area (Å²) in [7, 11) is 2.14. The maximum Gasteiger partial charge on any atom is 0.228 e. The largest absolute Gasteiger partial charge is 0.330 e. The smallest absolute Gasteiger partial charge is 0.228 e. The van der Waals surface area contributed by atoms with Gasteiger partial charge in [0.2, 0.25) is 5.91 Å². The van der Waals surface area contributed by atoms with Gasteiger partial charge in [-0.05, 0) is 43.1 Å². The van der Waals surface area contributed by atoms with Crippen LogP contribution in [0.25, 0.3) is 0 Å². The average Bonchev–Trinajstić information content (AvgIpc) is 2.89. The number of nitrogens with two attached hydrogens (primary N) is 1. The van der Waals surface area contributed by atoms with Crippen LogP contribution in [0.4, 0.5) is 5.69 Å². The van der Waals surface area contributed by atoms with Crippen molar-refractivity contribution in [3.05, 3.63) is 29.3 Å². The molecule has 1 aromatic rings. The quantitative estimate of drug-likeness (QED) is 0.821. The van der Waals surface area contributed by atoms with Crippen molar-refractivity contribution < 1.29 is 4.79 Å². The second kappa shape index (κ2) is 4.37. The molecule has 4 nitrogen and oxygen atoms in total. The number of anilines is 1. The lowest BCUT2D eigenvalue weighted by Gasteiger charge is -2.20. The van der Waals surface area contributed by atoms with Gasteiger partial charge in [-0.25, -0.2) is 0 Å². The lowest BCUT2D eigenvalue weighted by atomic mass is 9.98. The van der Waals surface area contributed by atoms with Crippen LogP contribution in [0.3, 0.4) is 0 Å². The Hall–Kier alpha value is -1.39. The molecule has 0 aliphatic carbocycles. The van der Waals surface area contributed by atoms with Crippen LogP contribution in [0.2, 0.25) is 0 Å². The Morgan fingerprint density at radius 1 is 1.50 bits per heavy atom.